The molecule has 5 nitrogen and oxygen atoms in total. The van der Waals surface area contributed by atoms with Crippen LogP contribution in [0.15, 0.2) is 34.6 Å². The fourth-order valence-electron chi connectivity index (χ4n) is 2.34. The lowest BCUT2D eigenvalue weighted by molar-refractivity contribution is 0.111. The number of rotatable bonds is 8. The van der Waals surface area contributed by atoms with Gasteiger partial charge in [-0.3, -0.25) is 4.99 Å². The molecule has 144 valence electrons. The summed E-state index contributed by atoms with van der Waals surface area (Å²) in [5.41, 5.74) is 1.99. The Bertz CT molecular complexity index is 678. The van der Waals surface area contributed by atoms with Crippen molar-refractivity contribution in [1.29, 1.82) is 0 Å². The number of hydrogen-bond acceptors (Lipinski definition) is 4. The highest BCUT2D eigenvalue weighted by molar-refractivity contribution is 14.0. The molecule has 0 radical (unpaired) electrons. The lowest BCUT2D eigenvalue weighted by Crippen LogP contribution is -2.38. The van der Waals surface area contributed by atoms with Crippen LogP contribution in [0.25, 0.3) is 0 Å². The molecule has 0 aliphatic rings. The average molecular weight is 492 g/mol. The number of ether oxygens (including phenoxy) is 1. The molecule has 26 heavy (non-hydrogen) atoms. The van der Waals surface area contributed by atoms with E-state index in [-0.39, 0.29) is 35.9 Å². The summed E-state index contributed by atoms with van der Waals surface area (Å²) in [5.74, 6) is 0.480. The van der Waals surface area contributed by atoms with Gasteiger partial charge in [0.05, 0.1) is 17.2 Å². The minimum absolute atomic E-state index is 0. The summed E-state index contributed by atoms with van der Waals surface area (Å²) in [6.45, 7) is 6.01. The Morgan fingerprint density at radius 2 is 2.04 bits per heavy atom. The Kier molecular flexibility index (Phi) is 10.7. The molecule has 2 N–H and O–H groups in total. The second-order valence-corrected chi connectivity index (χ2v) is 6.59. The zero-order chi connectivity index (χ0) is 18.1. The first-order valence-electron chi connectivity index (χ1n) is 8.33. The smallest absolute Gasteiger partial charge is 0.191 e. The molecule has 1 aromatic carbocycles. The molecular formula is C18H26FIN4OS. The van der Waals surface area contributed by atoms with Crippen LogP contribution < -0.4 is 10.6 Å². The average Bonchev–Trinajstić information content (AvgIpc) is 3.02. The van der Waals surface area contributed by atoms with Crippen molar-refractivity contribution in [2.45, 2.75) is 26.4 Å². The first-order valence-corrected chi connectivity index (χ1v) is 9.21. The first-order chi connectivity index (χ1) is 12.1. The maximum absolute atomic E-state index is 13.1. The van der Waals surface area contributed by atoms with Crippen molar-refractivity contribution in [2.75, 3.05) is 26.7 Å². The van der Waals surface area contributed by atoms with Crippen LogP contribution in [-0.2, 0) is 11.2 Å². The van der Waals surface area contributed by atoms with E-state index in [1.165, 1.54) is 12.1 Å². The highest BCUT2D eigenvalue weighted by atomic mass is 127. The summed E-state index contributed by atoms with van der Waals surface area (Å²) < 4.78 is 18.5. The van der Waals surface area contributed by atoms with Crippen LogP contribution in [0.2, 0.25) is 0 Å². The molecule has 1 atom stereocenters. The van der Waals surface area contributed by atoms with Crippen molar-refractivity contribution in [1.82, 2.24) is 15.6 Å². The maximum Gasteiger partial charge on any atom is 0.191 e. The Morgan fingerprint density at radius 3 is 2.62 bits per heavy atom. The molecule has 8 heteroatoms. The van der Waals surface area contributed by atoms with Gasteiger partial charge in [0.15, 0.2) is 5.96 Å². The third kappa shape index (κ3) is 7.55. The third-order valence-corrected chi connectivity index (χ3v) is 4.45. The highest BCUT2D eigenvalue weighted by Crippen LogP contribution is 2.17. The predicted molar refractivity (Wildman–Crippen MR) is 116 cm³/mol. The Labute approximate surface area is 175 Å². The summed E-state index contributed by atoms with van der Waals surface area (Å²) >= 11 is 1.66. The lowest BCUT2D eigenvalue weighted by atomic mass is 10.1. The van der Waals surface area contributed by atoms with E-state index in [0.29, 0.717) is 6.54 Å². The van der Waals surface area contributed by atoms with Gasteiger partial charge in [-0.15, -0.1) is 35.3 Å². The van der Waals surface area contributed by atoms with Gasteiger partial charge in [-0.1, -0.05) is 12.1 Å². The molecule has 1 aromatic heterocycles. The molecule has 0 spiro atoms. The van der Waals surface area contributed by atoms with Crippen molar-refractivity contribution < 1.29 is 9.13 Å². The minimum atomic E-state index is -0.255. The Morgan fingerprint density at radius 1 is 1.31 bits per heavy atom. The number of aryl methyl sites for hydroxylation is 1. The fourth-order valence-corrected chi connectivity index (χ4v) is 2.99. The van der Waals surface area contributed by atoms with Gasteiger partial charge in [0, 0.05) is 32.0 Å². The van der Waals surface area contributed by atoms with Crippen molar-refractivity contribution in [3.8, 4) is 0 Å². The van der Waals surface area contributed by atoms with Gasteiger partial charge in [0.25, 0.3) is 0 Å². The van der Waals surface area contributed by atoms with Crippen LogP contribution in [0.3, 0.4) is 0 Å². The van der Waals surface area contributed by atoms with E-state index in [0.717, 1.165) is 41.7 Å². The van der Waals surface area contributed by atoms with Crippen LogP contribution in [-0.4, -0.2) is 37.7 Å². The molecule has 0 saturated heterocycles. The third-order valence-electron chi connectivity index (χ3n) is 3.63. The Balaban J connectivity index is 0.00000338. The van der Waals surface area contributed by atoms with Gasteiger partial charge < -0.3 is 15.4 Å². The Hall–Kier alpha value is -1.26. The molecule has 1 heterocycles. The van der Waals surface area contributed by atoms with E-state index in [9.17, 15) is 4.39 Å². The number of halogens is 2. The molecule has 2 aromatic rings. The molecule has 0 saturated carbocycles. The van der Waals surface area contributed by atoms with Gasteiger partial charge in [-0.25, -0.2) is 9.37 Å². The largest absolute Gasteiger partial charge is 0.375 e. The summed E-state index contributed by atoms with van der Waals surface area (Å²) in [4.78, 5) is 9.03. The topological polar surface area (TPSA) is 58.5 Å². The number of hydrogen-bond donors (Lipinski definition) is 2. The van der Waals surface area contributed by atoms with Crippen LogP contribution in [0.4, 0.5) is 4.39 Å². The fraction of sp³-hybridized carbons (Fsp3) is 0.444. The standard InChI is InChI=1S/C18H25FN4OS.HI/c1-4-20-18(21-10-9-16-12-25-13(2)23-16)22-11-17(24-3)14-5-7-15(19)8-6-14;/h5-8,12,17H,4,9-11H2,1-3H3,(H2,20,21,22);1H. The molecule has 0 aliphatic heterocycles. The van der Waals surface area contributed by atoms with Crippen LogP contribution in [0.5, 0.6) is 0 Å². The zero-order valence-electron chi connectivity index (χ0n) is 15.3. The summed E-state index contributed by atoms with van der Waals surface area (Å²) in [6.07, 6.45) is 0.637. The molecule has 1 unspecified atom stereocenters. The molecule has 0 aliphatic carbocycles. The summed E-state index contributed by atoms with van der Waals surface area (Å²) in [5, 5.41) is 9.69. The van der Waals surface area contributed by atoms with E-state index in [4.69, 9.17) is 4.74 Å². The van der Waals surface area contributed by atoms with E-state index in [1.54, 1.807) is 30.6 Å². The monoisotopic (exact) mass is 492 g/mol. The normalized spacial score (nSPS) is 12.4. The van der Waals surface area contributed by atoms with Gasteiger partial charge in [0.1, 0.15) is 11.9 Å². The predicted octanol–water partition coefficient (Wildman–Crippen LogP) is 3.69. The van der Waals surface area contributed by atoms with Crippen molar-refractivity contribution in [3.05, 3.63) is 51.7 Å². The quantitative estimate of drug-likeness (QED) is 0.335. The maximum atomic E-state index is 13.1. The molecule has 2 rings (SSSR count). The van der Waals surface area contributed by atoms with E-state index >= 15 is 0 Å². The molecule has 0 bridgehead atoms. The van der Waals surface area contributed by atoms with E-state index < -0.39 is 0 Å². The van der Waals surface area contributed by atoms with Crippen LogP contribution in [0, 0.1) is 12.7 Å². The second-order valence-electron chi connectivity index (χ2n) is 5.53. The van der Waals surface area contributed by atoms with Crippen LogP contribution >= 0.6 is 35.3 Å². The number of guanidine groups is 1. The number of nitrogens with zero attached hydrogens (tertiary/aromatic N) is 2. The van der Waals surface area contributed by atoms with Gasteiger partial charge in [-0.05, 0) is 31.5 Å². The van der Waals surface area contributed by atoms with Crippen molar-refractivity contribution >= 4 is 41.3 Å². The van der Waals surface area contributed by atoms with Crippen molar-refractivity contribution in [3.63, 3.8) is 0 Å². The minimum Gasteiger partial charge on any atom is -0.375 e. The lowest BCUT2D eigenvalue weighted by Gasteiger charge is -2.16. The second kappa shape index (κ2) is 12.2. The highest BCUT2D eigenvalue weighted by Gasteiger charge is 2.10. The number of benzene rings is 1. The van der Waals surface area contributed by atoms with E-state index in [1.807, 2.05) is 13.8 Å². The van der Waals surface area contributed by atoms with Crippen molar-refractivity contribution in [2.24, 2.45) is 4.99 Å². The van der Waals surface area contributed by atoms with Gasteiger partial charge in [0.2, 0.25) is 0 Å². The summed E-state index contributed by atoms with van der Waals surface area (Å²) in [6, 6.07) is 6.32. The molecule has 0 amide bonds. The first kappa shape index (κ1) is 22.8. The van der Waals surface area contributed by atoms with Gasteiger partial charge >= 0.3 is 0 Å². The number of thiazole rings is 1. The number of aliphatic imine (C=N–C) groups is 1. The number of methoxy groups -OCH3 is 1. The summed E-state index contributed by atoms with van der Waals surface area (Å²) in [7, 11) is 1.63. The molecular weight excluding hydrogens is 466 g/mol. The number of nitrogens with one attached hydrogen (secondary N) is 2. The van der Waals surface area contributed by atoms with Crippen LogP contribution in [0.1, 0.15) is 29.3 Å². The SMILES string of the molecule is CCNC(=NCC(OC)c1ccc(F)cc1)NCCc1csc(C)n1.I. The van der Waals surface area contributed by atoms with E-state index in [2.05, 4.69) is 26.0 Å². The number of aromatic nitrogens is 1. The van der Waals surface area contributed by atoms with Gasteiger partial charge in [-0.2, -0.15) is 0 Å². The zero-order valence-corrected chi connectivity index (χ0v) is 18.4. The molecule has 0 fully saturated rings.